The summed E-state index contributed by atoms with van der Waals surface area (Å²) in [6, 6.07) is 25.2. The summed E-state index contributed by atoms with van der Waals surface area (Å²) in [5, 5.41) is 0. The zero-order valence-corrected chi connectivity index (χ0v) is 15.9. The Bertz CT molecular complexity index is 431. The summed E-state index contributed by atoms with van der Waals surface area (Å²) in [5.74, 6) is 0. The zero-order valence-electron chi connectivity index (χ0n) is 14.1. The molecule has 0 atom stereocenters. The maximum Gasteiger partial charge on any atom is 3.00 e. The molecule has 3 aromatic carbocycles. The molecule has 0 amide bonds. The largest absolute Gasteiger partial charge is 3.00 e. The second-order valence-electron chi connectivity index (χ2n) is 4.94. The van der Waals surface area contributed by atoms with Crippen molar-refractivity contribution in [3.8, 4) is 0 Å². The Morgan fingerprint density at radius 2 is 0.636 bits per heavy atom. The van der Waals surface area contributed by atoms with Crippen LogP contribution in [-0.2, 0) is 45.1 Å². The quantitative estimate of drug-likeness (QED) is 0.526. The van der Waals surface area contributed by atoms with E-state index in [2.05, 4.69) is 93.6 Å². The fraction of sp³-hybridized carbons (Fsp3) is 0.286. The molecule has 0 saturated carbocycles. The zero-order chi connectivity index (χ0) is 15.3. The van der Waals surface area contributed by atoms with Crippen LogP contribution in [-0.4, -0.2) is 0 Å². The van der Waals surface area contributed by atoms with Crippen LogP contribution in [0.3, 0.4) is 0 Å². The average Bonchev–Trinajstić information content (AvgIpc) is 3.31. The Labute approximate surface area is 155 Å². The van der Waals surface area contributed by atoms with Gasteiger partial charge in [0.25, 0.3) is 0 Å². The maximum absolute atomic E-state index is 2.16. The number of hydrogen-bond acceptors (Lipinski definition) is 0. The van der Waals surface area contributed by atoms with Gasteiger partial charge in [-0.05, 0) is 0 Å². The molecule has 0 unspecified atom stereocenters. The fourth-order valence-corrected chi connectivity index (χ4v) is 1.95. The number of rotatable bonds is 3. The summed E-state index contributed by atoms with van der Waals surface area (Å²) >= 11 is 0. The molecule has 22 heavy (non-hydrogen) atoms. The van der Waals surface area contributed by atoms with Crippen molar-refractivity contribution in [1.82, 2.24) is 0 Å². The molecule has 0 nitrogen and oxygen atoms in total. The van der Waals surface area contributed by atoms with Crippen molar-refractivity contribution in [2.75, 3.05) is 0 Å². The van der Waals surface area contributed by atoms with Crippen molar-refractivity contribution in [1.29, 1.82) is 0 Å². The van der Waals surface area contributed by atoms with Crippen LogP contribution in [0.25, 0.3) is 0 Å². The van der Waals surface area contributed by atoms with E-state index in [0.29, 0.717) is 0 Å². The van der Waals surface area contributed by atoms with Gasteiger partial charge in [0.15, 0.2) is 0 Å². The van der Waals surface area contributed by atoms with Crippen molar-refractivity contribution >= 4 is 0 Å². The minimum atomic E-state index is 0. The van der Waals surface area contributed by atoms with E-state index >= 15 is 0 Å². The third kappa shape index (κ3) is 9.04. The van der Waals surface area contributed by atoms with Gasteiger partial charge in [0.05, 0.1) is 0 Å². The van der Waals surface area contributed by atoms with E-state index in [1.54, 1.807) is 0 Å². The first-order chi connectivity index (χ1) is 10.3. The Morgan fingerprint density at radius 1 is 0.455 bits per heavy atom. The Hall–Kier alpha value is -1.08. The van der Waals surface area contributed by atoms with Gasteiger partial charge in [-0.1, -0.05) is 40.0 Å². The van der Waals surface area contributed by atoms with Gasteiger partial charge in [-0.25, -0.2) is 36.4 Å². The van der Waals surface area contributed by atoms with Crippen LogP contribution in [0, 0.1) is 0 Å². The molecular weight excluding hydrogens is 297 g/mol. The van der Waals surface area contributed by atoms with Crippen LogP contribution in [0.2, 0.25) is 0 Å². The van der Waals surface area contributed by atoms with Crippen LogP contribution in [0.4, 0.5) is 0 Å². The van der Waals surface area contributed by atoms with Crippen molar-refractivity contribution < 1.29 is 25.8 Å². The molecule has 3 rings (SSSR count). The summed E-state index contributed by atoms with van der Waals surface area (Å²) in [6.45, 7) is 6.49. The molecule has 114 valence electrons. The van der Waals surface area contributed by atoms with E-state index in [0.717, 1.165) is 19.3 Å². The van der Waals surface area contributed by atoms with E-state index in [1.807, 2.05) is 0 Å². The van der Waals surface area contributed by atoms with Crippen molar-refractivity contribution in [2.24, 2.45) is 0 Å². The summed E-state index contributed by atoms with van der Waals surface area (Å²) in [5.41, 5.74) is 4.29. The predicted octanol–water partition coefficient (Wildman–Crippen LogP) is 5.90. The van der Waals surface area contributed by atoms with Gasteiger partial charge >= 0.3 is 25.8 Å². The van der Waals surface area contributed by atoms with Crippen molar-refractivity contribution in [2.45, 2.75) is 40.0 Å². The Balaban J connectivity index is 0.000000294. The minimum absolute atomic E-state index is 0. The van der Waals surface area contributed by atoms with Gasteiger partial charge in [-0.15, -0.1) is 0 Å². The summed E-state index contributed by atoms with van der Waals surface area (Å²) < 4.78 is 0. The van der Waals surface area contributed by atoms with E-state index in [-0.39, 0.29) is 25.8 Å². The molecule has 0 saturated heterocycles. The molecule has 1 heteroatoms. The summed E-state index contributed by atoms with van der Waals surface area (Å²) in [7, 11) is 0. The molecule has 0 N–H and O–H groups in total. The molecular formula is C21H27Sc. The van der Waals surface area contributed by atoms with E-state index in [9.17, 15) is 0 Å². The molecule has 0 aliphatic heterocycles. The second-order valence-corrected chi connectivity index (χ2v) is 4.94. The number of hydrogen-bond donors (Lipinski definition) is 0. The summed E-state index contributed by atoms with van der Waals surface area (Å²) in [6.07, 6.45) is 3.48. The number of aryl methyl sites for hydroxylation is 3. The third-order valence-electron chi connectivity index (χ3n) is 3.42. The fourth-order valence-electron chi connectivity index (χ4n) is 1.95. The first-order valence-electron chi connectivity index (χ1n) is 7.91. The molecule has 0 aromatic heterocycles. The average molecular weight is 324 g/mol. The van der Waals surface area contributed by atoms with Gasteiger partial charge < -0.3 is 0 Å². The monoisotopic (exact) mass is 324 g/mol. The Morgan fingerprint density at radius 3 is 0.727 bits per heavy atom. The maximum atomic E-state index is 2.16. The predicted molar refractivity (Wildman–Crippen MR) is 94.2 cm³/mol. The van der Waals surface area contributed by atoms with Crippen LogP contribution in [0.5, 0.6) is 0 Å². The van der Waals surface area contributed by atoms with Crippen molar-refractivity contribution in [3.05, 3.63) is 89.5 Å². The van der Waals surface area contributed by atoms with Crippen molar-refractivity contribution in [3.63, 3.8) is 0 Å². The van der Waals surface area contributed by atoms with Gasteiger partial charge in [0.1, 0.15) is 0 Å². The van der Waals surface area contributed by atoms with Gasteiger partial charge in [-0.2, -0.15) is 53.1 Å². The van der Waals surface area contributed by atoms with Crippen LogP contribution >= 0.6 is 0 Å². The molecule has 0 aliphatic rings. The summed E-state index contributed by atoms with van der Waals surface area (Å²) in [4.78, 5) is 0. The van der Waals surface area contributed by atoms with E-state index < -0.39 is 0 Å². The van der Waals surface area contributed by atoms with Gasteiger partial charge in [-0.3, -0.25) is 0 Å². The van der Waals surface area contributed by atoms with Crippen LogP contribution in [0.15, 0.2) is 72.8 Å². The second kappa shape index (κ2) is 13.6. The third-order valence-corrected chi connectivity index (χ3v) is 3.42. The Kier molecular flexibility index (Phi) is 12.9. The van der Waals surface area contributed by atoms with E-state index in [1.165, 1.54) is 16.7 Å². The molecule has 3 aromatic rings. The normalized spacial score (nSPS) is 8.86. The first kappa shape index (κ1) is 20.9. The van der Waals surface area contributed by atoms with Crippen LogP contribution < -0.4 is 0 Å². The molecule has 0 bridgehead atoms. The molecule has 0 spiro atoms. The van der Waals surface area contributed by atoms with Gasteiger partial charge in [0, 0.05) is 0 Å². The van der Waals surface area contributed by atoms with Gasteiger partial charge in [0.2, 0.25) is 0 Å². The smallest absolute Gasteiger partial charge is 0.213 e. The molecule has 0 aliphatic carbocycles. The first-order valence-corrected chi connectivity index (χ1v) is 7.91. The van der Waals surface area contributed by atoms with E-state index in [4.69, 9.17) is 0 Å². The van der Waals surface area contributed by atoms with Crippen LogP contribution in [0.1, 0.15) is 37.5 Å². The molecule has 0 heterocycles. The minimum Gasteiger partial charge on any atom is -0.213 e. The standard InChI is InChI=1S/3C7H9.Sc/c3*1-2-7-5-3-4-6-7;/h3*3-6H,2H2,1H3;/q3*-1;+3. The SMILES string of the molecule is CC[c-]1cccc1.CC[c-]1cccc1.CC[c-]1cccc1.[Sc+3]. The topological polar surface area (TPSA) is 0 Å². The molecule has 0 fully saturated rings. The molecule has 0 radical (unpaired) electrons.